The number of nitrogens with zero attached hydrogens (tertiary/aromatic N) is 1. The zero-order valence-electron chi connectivity index (χ0n) is 11.3. The van der Waals surface area contributed by atoms with Gasteiger partial charge in [0.05, 0.1) is 12.4 Å². The average Bonchev–Trinajstić information content (AvgIpc) is 2.68. The minimum absolute atomic E-state index is 0.0905. The van der Waals surface area contributed by atoms with E-state index in [1.807, 2.05) is 13.0 Å². The van der Waals surface area contributed by atoms with E-state index in [1.54, 1.807) is 23.1 Å². The van der Waals surface area contributed by atoms with Crippen LogP contribution in [0.25, 0.3) is 0 Å². The lowest BCUT2D eigenvalue weighted by molar-refractivity contribution is -0.117. The Morgan fingerprint density at radius 1 is 1.45 bits per heavy atom. The number of ether oxygens (including phenoxy) is 1. The first-order valence-corrected chi connectivity index (χ1v) is 8.14. The van der Waals surface area contributed by atoms with E-state index in [0.717, 1.165) is 5.69 Å². The van der Waals surface area contributed by atoms with Crippen molar-refractivity contribution >= 4 is 21.6 Å². The van der Waals surface area contributed by atoms with E-state index < -0.39 is 10.0 Å². The first-order chi connectivity index (χ1) is 9.39. The highest BCUT2D eigenvalue weighted by atomic mass is 32.2. The summed E-state index contributed by atoms with van der Waals surface area (Å²) in [5, 5.41) is 5.03. The fraction of sp³-hybridized carbons (Fsp3) is 0.462. The van der Waals surface area contributed by atoms with Crippen molar-refractivity contribution in [3.63, 3.8) is 0 Å². The molecule has 0 aliphatic carbocycles. The first kappa shape index (κ1) is 14.8. The molecule has 1 aromatic carbocycles. The zero-order chi connectivity index (χ0) is 14.8. The number of carbonyl (C=O) groups excluding carboxylic acids is 1. The summed E-state index contributed by atoms with van der Waals surface area (Å²) in [6.07, 6.45) is 0.204. The molecular formula is C13H18N2O4S. The van der Waals surface area contributed by atoms with Crippen LogP contribution in [0.3, 0.4) is 0 Å². The van der Waals surface area contributed by atoms with Crippen molar-refractivity contribution in [2.45, 2.75) is 13.3 Å². The second-order valence-electron chi connectivity index (χ2n) is 4.83. The normalized spacial score (nSPS) is 19.4. The van der Waals surface area contributed by atoms with E-state index >= 15 is 0 Å². The Morgan fingerprint density at radius 3 is 2.85 bits per heavy atom. The maximum atomic E-state index is 12.0. The summed E-state index contributed by atoms with van der Waals surface area (Å²) in [7, 11) is -3.56. The standard InChI is InChI=1S/C13H18N2O4S/c1-2-19-12-5-3-4-11(7-12)15-8-10(6-13(15)16)9-20(14,17)18/h3-5,7,10H,2,6,8-9H2,1H3,(H2,14,17,18). The Hall–Kier alpha value is -1.60. The third-order valence-corrected chi connectivity index (χ3v) is 4.05. The number of rotatable bonds is 5. The van der Waals surface area contributed by atoms with Gasteiger partial charge in [-0.05, 0) is 19.1 Å². The summed E-state index contributed by atoms with van der Waals surface area (Å²) >= 11 is 0. The maximum Gasteiger partial charge on any atom is 0.227 e. The summed E-state index contributed by atoms with van der Waals surface area (Å²) in [5.41, 5.74) is 0.720. The number of carbonyl (C=O) groups is 1. The van der Waals surface area contributed by atoms with Gasteiger partial charge in [0.25, 0.3) is 0 Å². The molecule has 1 heterocycles. The highest BCUT2D eigenvalue weighted by molar-refractivity contribution is 7.89. The van der Waals surface area contributed by atoms with Gasteiger partial charge in [-0.1, -0.05) is 6.07 Å². The molecule has 20 heavy (non-hydrogen) atoms. The average molecular weight is 298 g/mol. The van der Waals surface area contributed by atoms with Crippen molar-refractivity contribution in [1.29, 1.82) is 0 Å². The predicted molar refractivity (Wildman–Crippen MR) is 76.0 cm³/mol. The number of sulfonamides is 1. The molecule has 0 aromatic heterocycles. The monoisotopic (exact) mass is 298 g/mol. The third kappa shape index (κ3) is 3.71. The van der Waals surface area contributed by atoms with Gasteiger partial charge in [-0.3, -0.25) is 4.79 Å². The van der Waals surface area contributed by atoms with E-state index in [0.29, 0.717) is 18.9 Å². The number of benzene rings is 1. The van der Waals surface area contributed by atoms with Gasteiger partial charge >= 0.3 is 0 Å². The second-order valence-corrected chi connectivity index (χ2v) is 6.49. The van der Waals surface area contributed by atoms with Crippen LogP contribution in [0.4, 0.5) is 5.69 Å². The molecule has 1 amide bonds. The minimum Gasteiger partial charge on any atom is -0.494 e. The number of amides is 1. The molecule has 1 saturated heterocycles. The van der Waals surface area contributed by atoms with E-state index in [1.165, 1.54) is 0 Å². The fourth-order valence-electron chi connectivity index (χ4n) is 2.38. The number of hydrogen-bond donors (Lipinski definition) is 1. The SMILES string of the molecule is CCOc1cccc(N2CC(CS(N)(=O)=O)CC2=O)c1. The fourth-order valence-corrected chi connectivity index (χ4v) is 3.26. The number of anilines is 1. The Labute approximate surface area is 118 Å². The molecule has 1 atom stereocenters. The molecule has 0 saturated carbocycles. The zero-order valence-corrected chi connectivity index (χ0v) is 12.1. The van der Waals surface area contributed by atoms with Crippen molar-refractivity contribution in [3.8, 4) is 5.75 Å². The Bertz CT molecular complexity index is 600. The van der Waals surface area contributed by atoms with E-state index in [9.17, 15) is 13.2 Å². The van der Waals surface area contributed by atoms with Crippen LogP contribution in [0.15, 0.2) is 24.3 Å². The molecule has 0 radical (unpaired) electrons. The molecule has 0 spiro atoms. The van der Waals surface area contributed by atoms with Gasteiger partial charge in [0.2, 0.25) is 15.9 Å². The molecule has 2 rings (SSSR count). The predicted octanol–water partition coefficient (Wildman–Crippen LogP) is 0.727. The van der Waals surface area contributed by atoms with Crippen molar-refractivity contribution in [2.75, 3.05) is 23.8 Å². The van der Waals surface area contributed by atoms with Gasteiger partial charge in [-0.25, -0.2) is 13.6 Å². The third-order valence-electron chi connectivity index (χ3n) is 3.11. The van der Waals surface area contributed by atoms with Gasteiger partial charge in [-0.2, -0.15) is 0 Å². The first-order valence-electron chi connectivity index (χ1n) is 6.42. The largest absolute Gasteiger partial charge is 0.494 e. The molecule has 1 aliphatic heterocycles. The summed E-state index contributed by atoms with van der Waals surface area (Å²) in [6.45, 7) is 2.80. The summed E-state index contributed by atoms with van der Waals surface area (Å²) in [4.78, 5) is 13.6. The van der Waals surface area contributed by atoms with E-state index in [-0.39, 0.29) is 24.0 Å². The van der Waals surface area contributed by atoms with Crippen LogP contribution in [0.5, 0.6) is 5.75 Å². The van der Waals surface area contributed by atoms with Crippen LogP contribution in [0, 0.1) is 5.92 Å². The van der Waals surface area contributed by atoms with Crippen molar-refractivity contribution in [3.05, 3.63) is 24.3 Å². The number of hydrogen-bond acceptors (Lipinski definition) is 4. The highest BCUT2D eigenvalue weighted by Gasteiger charge is 2.32. The maximum absolute atomic E-state index is 12.0. The molecular weight excluding hydrogens is 280 g/mol. The molecule has 1 fully saturated rings. The Kier molecular flexibility index (Phi) is 4.29. The highest BCUT2D eigenvalue weighted by Crippen LogP contribution is 2.28. The molecule has 7 heteroatoms. The van der Waals surface area contributed by atoms with Gasteiger partial charge in [0, 0.05) is 30.6 Å². The minimum atomic E-state index is -3.56. The van der Waals surface area contributed by atoms with Crippen molar-refractivity contribution in [1.82, 2.24) is 0 Å². The van der Waals surface area contributed by atoms with Crippen LogP contribution < -0.4 is 14.8 Å². The molecule has 1 unspecified atom stereocenters. The van der Waals surface area contributed by atoms with E-state index in [2.05, 4.69) is 0 Å². The summed E-state index contributed by atoms with van der Waals surface area (Å²) in [5.74, 6) is 0.175. The van der Waals surface area contributed by atoms with E-state index in [4.69, 9.17) is 9.88 Å². The van der Waals surface area contributed by atoms with Crippen molar-refractivity contribution < 1.29 is 17.9 Å². The van der Waals surface area contributed by atoms with Crippen LogP contribution in [-0.4, -0.2) is 33.2 Å². The molecule has 110 valence electrons. The molecule has 1 aromatic rings. The summed E-state index contributed by atoms with van der Waals surface area (Å²) < 4.78 is 27.6. The lowest BCUT2D eigenvalue weighted by atomic mass is 10.1. The van der Waals surface area contributed by atoms with Gasteiger partial charge in [0.1, 0.15) is 5.75 Å². The van der Waals surface area contributed by atoms with Gasteiger partial charge in [-0.15, -0.1) is 0 Å². The topological polar surface area (TPSA) is 89.7 Å². The quantitative estimate of drug-likeness (QED) is 0.867. The second kappa shape index (κ2) is 5.80. The Balaban J connectivity index is 2.13. The summed E-state index contributed by atoms with van der Waals surface area (Å²) in [6, 6.07) is 7.20. The van der Waals surface area contributed by atoms with Crippen LogP contribution in [-0.2, 0) is 14.8 Å². The molecule has 2 N–H and O–H groups in total. The van der Waals surface area contributed by atoms with Gasteiger partial charge < -0.3 is 9.64 Å². The van der Waals surface area contributed by atoms with Crippen LogP contribution >= 0.6 is 0 Å². The number of nitrogens with two attached hydrogens (primary N) is 1. The van der Waals surface area contributed by atoms with Crippen LogP contribution in [0.1, 0.15) is 13.3 Å². The lowest BCUT2D eigenvalue weighted by Crippen LogP contribution is -2.27. The Morgan fingerprint density at radius 2 is 2.20 bits per heavy atom. The van der Waals surface area contributed by atoms with Gasteiger partial charge in [0.15, 0.2) is 0 Å². The van der Waals surface area contributed by atoms with Crippen molar-refractivity contribution in [2.24, 2.45) is 11.1 Å². The van der Waals surface area contributed by atoms with Crippen LogP contribution in [0.2, 0.25) is 0 Å². The lowest BCUT2D eigenvalue weighted by Gasteiger charge is -2.17. The number of primary sulfonamides is 1. The molecule has 6 nitrogen and oxygen atoms in total. The molecule has 0 bridgehead atoms. The smallest absolute Gasteiger partial charge is 0.227 e. The molecule has 1 aliphatic rings.